The predicted molar refractivity (Wildman–Crippen MR) is 82.9 cm³/mol. The zero-order valence-electron chi connectivity index (χ0n) is 12.7. The Labute approximate surface area is 126 Å². The molecule has 1 aromatic rings. The second-order valence-corrected chi connectivity index (χ2v) is 6.78. The van der Waals surface area contributed by atoms with Crippen molar-refractivity contribution < 1.29 is 0 Å². The van der Waals surface area contributed by atoms with Gasteiger partial charge in [-0.25, -0.2) is 15.0 Å². The van der Waals surface area contributed by atoms with Crippen molar-refractivity contribution in [3.05, 3.63) is 18.5 Å². The van der Waals surface area contributed by atoms with E-state index < -0.39 is 0 Å². The molecule has 1 aliphatic carbocycles. The van der Waals surface area contributed by atoms with Crippen molar-refractivity contribution in [2.45, 2.75) is 56.5 Å². The summed E-state index contributed by atoms with van der Waals surface area (Å²) >= 11 is 0. The maximum absolute atomic E-state index is 4.54. The third-order valence-corrected chi connectivity index (χ3v) is 5.40. The van der Waals surface area contributed by atoms with Gasteiger partial charge in [-0.15, -0.1) is 0 Å². The van der Waals surface area contributed by atoms with E-state index in [1.54, 1.807) is 0 Å². The summed E-state index contributed by atoms with van der Waals surface area (Å²) in [5.74, 6) is 0.888. The average molecular weight is 287 g/mol. The van der Waals surface area contributed by atoms with Gasteiger partial charge in [-0.3, -0.25) is 5.01 Å². The van der Waals surface area contributed by atoms with E-state index in [1.807, 2.05) is 18.5 Å². The fourth-order valence-corrected chi connectivity index (χ4v) is 4.33. The minimum Gasteiger partial charge on any atom is -0.310 e. The van der Waals surface area contributed by atoms with Crippen molar-refractivity contribution in [3.8, 4) is 0 Å². The van der Waals surface area contributed by atoms with Gasteiger partial charge in [-0.05, 0) is 44.7 Å². The molecular formula is C16H25N5. The molecule has 114 valence electrons. The number of hydrogen-bond acceptors (Lipinski definition) is 5. The zero-order valence-corrected chi connectivity index (χ0v) is 12.7. The highest BCUT2D eigenvalue weighted by Gasteiger charge is 2.43. The Kier molecular flexibility index (Phi) is 3.55. The van der Waals surface area contributed by atoms with Crippen molar-refractivity contribution in [1.82, 2.24) is 20.3 Å². The summed E-state index contributed by atoms with van der Waals surface area (Å²) in [4.78, 5) is 9.07. The Bertz CT molecular complexity index is 465. The first-order valence-electron chi connectivity index (χ1n) is 8.43. The molecule has 3 heterocycles. The zero-order chi connectivity index (χ0) is 14.1. The van der Waals surface area contributed by atoms with Crippen LogP contribution in [0.3, 0.4) is 0 Å². The SMILES string of the molecule is c1cnc(N(C2CCCC2)N2CCC3(CCCN3)C2)nc1. The number of rotatable bonds is 3. The van der Waals surface area contributed by atoms with Gasteiger partial charge in [0.15, 0.2) is 0 Å². The van der Waals surface area contributed by atoms with Crippen molar-refractivity contribution in [1.29, 1.82) is 0 Å². The first-order chi connectivity index (χ1) is 10.4. The molecule has 21 heavy (non-hydrogen) atoms. The minimum absolute atomic E-state index is 0.353. The van der Waals surface area contributed by atoms with Crippen LogP contribution in [0.25, 0.3) is 0 Å². The lowest BCUT2D eigenvalue weighted by Crippen LogP contribution is -2.51. The van der Waals surface area contributed by atoms with Crippen LogP contribution >= 0.6 is 0 Å². The van der Waals surface area contributed by atoms with Crippen LogP contribution in [0.5, 0.6) is 0 Å². The number of nitrogens with zero attached hydrogens (tertiary/aromatic N) is 4. The van der Waals surface area contributed by atoms with E-state index in [0.29, 0.717) is 11.6 Å². The molecule has 0 amide bonds. The Morgan fingerprint density at radius 3 is 2.67 bits per heavy atom. The highest BCUT2D eigenvalue weighted by Crippen LogP contribution is 2.35. The number of aromatic nitrogens is 2. The van der Waals surface area contributed by atoms with E-state index in [9.17, 15) is 0 Å². The normalized spacial score (nSPS) is 30.5. The van der Waals surface area contributed by atoms with E-state index >= 15 is 0 Å². The topological polar surface area (TPSA) is 44.3 Å². The summed E-state index contributed by atoms with van der Waals surface area (Å²) < 4.78 is 0. The number of hydrazine groups is 1. The fraction of sp³-hybridized carbons (Fsp3) is 0.750. The second kappa shape index (κ2) is 5.54. The van der Waals surface area contributed by atoms with E-state index in [-0.39, 0.29) is 0 Å². The predicted octanol–water partition coefficient (Wildman–Crippen LogP) is 1.97. The number of hydrogen-bond donors (Lipinski definition) is 1. The molecule has 1 saturated carbocycles. The Morgan fingerprint density at radius 1 is 1.14 bits per heavy atom. The van der Waals surface area contributed by atoms with Crippen molar-refractivity contribution in [3.63, 3.8) is 0 Å². The van der Waals surface area contributed by atoms with Gasteiger partial charge >= 0.3 is 0 Å². The molecular weight excluding hydrogens is 262 g/mol. The van der Waals surface area contributed by atoms with Gasteiger partial charge in [0.25, 0.3) is 0 Å². The maximum atomic E-state index is 4.54. The largest absolute Gasteiger partial charge is 0.310 e. The van der Waals surface area contributed by atoms with Gasteiger partial charge in [0, 0.05) is 37.1 Å². The lowest BCUT2D eigenvalue weighted by Gasteiger charge is -2.37. The van der Waals surface area contributed by atoms with Gasteiger partial charge in [0.05, 0.1) is 0 Å². The van der Waals surface area contributed by atoms with Crippen LogP contribution in [0.4, 0.5) is 5.95 Å². The number of nitrogens with one attached hydrogen (secondary N) is 1. The van der Waals surface area contributed by atoms with Crippen LogP contribution in [0, 0.1) is 0 Å². The molecule has 3 fully saturated rings. The van der Waals surface area contributed by atoms with Gasteiger partial charge in [0.2, 0.25) is 5.95 Å². The van der Waals surface area contributed by atoms with Gasteiger partial charge in [-0.1, -0.05) is 12.8 Å². The molecule has 1 unspecified atom stereocenters. The second-order valence-electron chi connectivity index (χ2n) is 6.78. The number of anilines is 1. The van der Waals surface area contributed by atoms with E-state index in [1.165, 1.54) is 51.5 Å². The van der Waals surface area contributed by atoms with E-state index in [2.05, 4.69) is 25.3 Å². The molecule has 1 aromatic heterocycles. The molecule has 0 aromatic carbocycles. The molecule has 5 nitrogen and oxygen atoms in total. The third kappa shape index (κ3) is 2.53. The molecule has 4 rings (SSSR count). The molecule has 2 saturated heterocycles. The molecule has 5 heteroatoms. The van der Waals surface area contributed by atoms with Crippen LogP contribution in [-0.2, 0) is 0 Å². The van der Waals surface area contributed by atoms with Gasteiger partial charge < -0.3 is 5.32 Å². The van der Waals surface area contributed by atoms with Gasteiger partial charge in [0.1, 0.15) is 0 Å². The van der Waals surface area contributed by atoms with Crippen LogP contribution in [0.1, 0.15) is 44.9 Å². The smallest absolute Gasteiger partial charge is 0.240 e. The fourth-order valence-electron chi connectivity index (χ4n) is 4.33. The summed E-state index contributed by atoms with van der Waals surface area (Å²) in [6.45, 7) is 3.42. The van der Waals surface area contributed by atoms with Crippen LogP contribution in [0.15, 0.2) is 18.5 Å². The molecule has 1 atom stereocenters. The summed E-state index contributed by atoms with van der Waals surface area (Å²) in [6, 6.07) is 2.49. The minimum atomic E-state index is 0.353. The van der Waals surface area contributed by atoms with Crippen LogP contribution in [0.2, 0.25) is 0 Å². The van der Waals surface area contributed by atoms with Crippen LogP contribution < -0.4 is 10.3 Å². The summed E-state index contributed by atoms with van der Waals surface area (Å²) in [5.41, 5.74) is 0.353. The molecule has 3 aliphatic rings. The average Bonchev–Trinajstić information content (AvgIpc) is 3.26. The standard InChI is InChI=1S/C16H25N5/c1-2-6-14(5-1)21(15-17-9-4-10-18-15)20-12-8-16(13-20)7-3-11-19-16/h4,9-10,14,19H,1-3,5-8,11-13H2. The van der Waals surface area contributed by atoms with Crippen molar-refractivity contribution >= 4 is 5.95 Å². The monoisotopic (exact) mass is 287 g/mol. The van der Waals surface area contributed by atoms with E-state index in [4.69, 9.17) is 0 Å². The molecule has 0 bridgehead atoms. The molecule has 0 radical (unpaired) electrons. The quantitative estimate of drug-likeness (QED) is 0.921. The summed E-state index contributed by atoms with van der Waals surface area (Å²) in [6.07, 6.45) is 12.8. The summed E-state index contributed by atoms with van der Waals surface area (Å²) in [7, 11) is 0. The first-order valence-corrected chi connectivity index (χ1v) is 8.43. The Hall–Kier alpha value is -1.20. The highest BCUT2D eigenvalue weighted by atomic mass is 15.7. The lowest BCUT2D eigenvalue weighted by molar-refractivity contribution is 0.243. The molecule has 2 aliphatic heterocycles. The Balaban J connectivity index is 1.58. The lowest BCUT2D eigenvalue weighted by atomic mass is 9.97. The summed E-state index contributed by atoms with van der Waals surface area (Å²) in [5, 5.41) is 8.69. The third-order valence-electron chi connectivity index (χ3n) is 5.40. The van der Waals surface area contributed by atoms with Crippen molar-refractivity contribution in [2.75, 3.05) is 24.6 Å². The first kappa shape index (κ1) is 13.5. The Morgan fingerprint density at radius 2 is 1.95 bits per heavy atom. The van der Waals surface area contributed by atoms with Crippen LogP contribution in [-0.4, -0.2) is 46.2 Å². The highest BCUT2D eigenvalue weighted by molar-refractivity contribution is 5.30. The molecule has 1 N–H and O–H groups in total. The molecule has 1 spiro atoms. The van der Waals surface area contributed by atoms with E-state index in [0.717, 1.165) is 19.0 Å². The van der Waals surface area contributed by atoms with Gasteiger partial charge in [-0.2, -0.15) is 0 Å². The maximum Gasteiger partial charge on any atom is 0.240 e. The van der Waals surface area contributed by atoms with Crippen molar-refractivity contribution in [2.24, 2.45) is 0 Å².